The second-order valence-corrected chi connectivity index (χ2v) is 7.25. The maximum Gasteiger partial charge on any atom is 0.251 e. The number of aryl methyl sites for hydroxylation is 2. The van der Waals surface area contributed by atoms with Crippen molar-refractivity contribution in [3.63, 3.8) is 0 Å². The van der Waals surface area contributed by atoms with Crippen LogP contribution in [0.15, 0.2) is 28.8 Å². The van der Waals surface area contributed by atoms with Gasteiger partial charge in [0.1, 0.15) is 6.10 Å². The Morgan fingerprint density at radius 3 is 2.61 bits per heavy atom. The van der Waals surface area contributed by atoms with Crippen molar-refractivity contribution in [1.29, 1.82) is 0 Å². The van der Waals surface area contributed by atoms with E-state index in [0.717, 1.165) is 51.1 Å². The van der Waals surface area contributed by atoms with Crippen molar-refractivity contribution in [2.45, 2.75) is 39.7 Å². The molecule has 1 fully saturated rings. The molecule has 1 aliphatic heterocycles. The highest BCUT2D eigenvalue weighted by Crippen LogP contribution is 2.17. The minimum absolute atomic E-state index is 0.0935. The molecule has 7 heteroatoms. The highest BCUT2D eigenvalue weighted by atomic mass is 16.5. The minimum atomic E-state index is -0.350. The first-order valence-electron chi connectivity index (χ1n) is 10.1. The second-order valence-electron chi connectivity index (χ2n) is 7.25. The average Bonchev–Trinajstić information content (AvgIpc) is 3.17. The molecule has 28 heavy (non-hydrogen) atoms. The Kier molecular flexibility index (Phi) is 7.17. The molecule has 0 radical (unpaired) electrons. The van der Waals surface area contributed by atoms with Crippen LogP contribution in [0.2, 0.25) is 0 Å². The van der Waals surface area contributed by atoms with E-state index in [1.807, 2.05) is 43.0 Å². The summed E-state index contributed by atoms with van der Waals surface area (Å²) in [6, 6.07) is 8.12. The number of amides is 1. The van der Waals surface area contributed by atoms with Crippen LogP contribution in [0, 0.1) is 6.92 Å². The predicted octanol–water partition coefficient (Wildman–Crippen LogP) is 2.55. The quantitative estimate of drug-likeness (QED) is 0.694. The lowest BCUT2D eigenvalue weighted by molar-refractivity contribution is -0.144. The van der Waals surface area contributed by atoms with Gasteiger partial charge in [0.15, 0.2) is 0 Å². The van der Waals surface area contributed by atoms with Crippen molar-refractivity contribution in [3.05, 3.63) is 35.7 Å². The number of carbonyl (C=O) groups excluding carboxylic acids is 1. The van der Waals surface area contributed by atoms with Gasteiger partial charge in [-0.1, -0.05) is 35.0 Å². The molecule has 1 aromatic carbocycles. The van der Waals surface area contributed by atoms with Gasteiger partial charge in [-0.05, 0) is 33.7 Å². The smallest absolute Gasteiger partial charge is 0.251 e. The predicted molar refractivity (Wildman–Crippen MR) is 107 cm³/mol. The fourth-order valence-corrected chi connectivity index (χ4v) is 3.40. The molecule has 3 rings (SSSR count). The number of rotatable bonds is 8. The molecule has 1 amide bonds. The molecule has 0 spiro atoms. The van der Waals surface area contributed by atoms with Gasteiger partial charge in [0.2, 0.25) is 11.7 Å². The van der Waals surface area contributed by atoms with Crippen LogP contribution >= 0.6 is 0 Å². The van der Waals surface area contributed by atoms with E-state index in [-0.39, 0.29) is 12.0 Å². The molecule has 0 N–H and O–H groups in total. The number of hydrogen-bond donors (Lipinski definition) is 0. The number of aromatic nitrogens is 2. The molecule has 2 heterocycles. The fourth-order valence-electron chi connectivity index (χ4n) is 3.40. The highest BCUT2D eigenvalue weighted by molar-refractivity contribution is 5.80. The molecule has 0 bridgehead atoms. The monoisotopic (exact) mass is 386 g/mol. The van der Waals surface area contributed by atoms with Crippen molar-refractivity contribution in [2.24, 2.45) is 0 Å². The SMILES string of the molecule is CCOC(C)C(=O)N1CCN(CCCc2nc(-c3ccc(C)cc3)no2)CC1. The Morgan fingerprint density at radius 1 is 1.21 bits per heavy atom. The summed E-state index contributed by atoms with van der Waals surface area (Å²) in [4.78, 5) is 21.1. The third-order valence-corrected chi connectivity index (χ3v) is 5.09. The molecular weight excluding hydrogens is 356 g/mol. The van der Waals surface area contributed by atoms with Gasteiger partial charge in [0, 0.05) is 44.8 Å². The first-order valence-corrected chi connectivity index (χ1v) is 10.1. The van der Waals surface area contributed by atoms with Crippen LogP contribution in [0.3, 0.4) is 0 Å². The second kappa shape index (κ2) is 9.80. The zero-order valence-electron chi connectivity index (χ0n) is 17.1. The van der Waals surface area contributed by atoms with E-state index in [4.69, 9.17) is 9.26 Å². The molecule has 1 unspecified atom stereocenters. The van der Waals surface area contributed by atoms with Gasteiger partial charge in [-0.3, -0.25) is 9.69 Å². The molecule has 1 atom stereocenters. The first kappa shape index (κ1) is 20.5. The van der Waals surface area contributed by atoms with Crippen molar-refractivity contribution in [3.8, 4) is 11.4 Å². The summed E-state index contributed by atoms with van der Waals surface area (Å²) in [5, 5.41) is 4.09. The van der Waals surface area contributed by atoms with Crippen molar-refractivity contribution < 1.29 is 14.1 Å². The van der Waals surface area contributed by atoms with Gasteiger partial charge in [0.05, 0.1) is 0 Å². The molecule has 1 saturated heterocycles. The van der Waals surface area contributed by atoms with E-state index >= 15 is 0 Å². The van der Waals surface area contributed by atoms with Crippen molar-refractivity contribution >= 4 is 5.91 Å². The Morgan fingerprint density at radius 2 is 1.93 bits per heavy atom. The molecule has 2 aromatic rings. The zero-order chi connectivity index (χ0) is 19.9. The van der Waals surface area contributed by atoms with Crippen LogP contribution in [-0.4, -0.2) is 71.3 Å². The lowest BCUT2D eigenvalue weighted by Crippen LogP contribution is -2.51. The maximum absolute atomic E-state index is 12.3. The van der Waals surface area contributed by atoms with E-state index in [1.54, 1.807) is 0 Å². The summed E-state index contributed by atoms with van der Waals surface area (Å²) < 4.78 is 10.8. The normalized spacial score (nSPS) is 16.3. The number of hydrogen-bond acceptors (Lipinski definition) is 6. The molecule has 7 nitrogen and oxygen atoms in total. The van der Waals surface area contributed by atoms with E-state index < -0.39 is 0 Å². The molecule has 0 saturated carbocycles. The number of nitrogens with zero attached hydrogens (tertiary/aromatic N) is 4. The molecule has 1 aliphatic rings. The summed E-state index contributed by atoms with van der Waals surface area (Å²) in [6.45, 7) is 10.6. The Bertz CT molecular complexity index is 751. The molecular formula is C21H30N4O3. The summed E-state index contributed by atoms with van der Waals surface area (Å²) in [5.41, 5.74) is 2.18. The number of piperazine rings is 1. The van der Waals surface area contributed by atoms with E-state index in [2.05, 4.69) is 22.0 Å². The molecule has 1 aromatic heterocycles. The summed E-state index contributed by atoms with van der Waals surface area (Å²) in [6.07, 6.45) is 1.37. The summed E-state index contributed by atoms with van der Waals surface area (Å²) >= 11 is 0. The van der Waals surface area contributed by atoms with Gasteiger partial charge in [-0.2, -0.15) is 4.98 Å². The summed E-state index contributed by atoms with van der Waals surface area (Å²) in [5.74, 6) is 1.41. The lowest BCUT2D eigenvalue weighted by Gasteiger charge is -2.35. The first-order chi connectivity index (χ1) is 13.6. The van der Waals surface area contributed by atoms with Crippen molar-refractivity contribution in [1.82, 2.24) is 19.9 Å². The van der Waals surface area contributed by atoms with Crippen molar-refractivity contribution in [2.75, 3.05) is 39.3 Å². The van der Waals surface area contributed by atoms with Crippen LogP contribution in [0.4, 0.5) is 0 Å². The number of carbonyl (C=O) groups is 1. The maximum atomic E-state index is 12.3. The van der Waals surface area contributed by atoms with Crippen LogP contribution in [0.25, 0.3) is 11.4 Å². The molecule has 152 valence electrons. The van der Waals surface area contributed by atoms with E-state index in [0.29, 0.717) is 18.3 Å². The van der Waals surface area contributed by atoms with Gasteiger partial charge in [-0.15, -0.1) is 0 Å². The van der Waals surface area contributed by atoms with E-state index in [1.165, 1.54) is 5.56 Å². The Labute approximate surface area is 166 Å². The van der Waals surface area contributed by atoms with Gasteiger partial charge in [0.25, 0.3) is 5.91 Å². The number of benzene rings is 1. The Hall–Kier alpha value is -2.25. The van der Waals surface area contributed by atoms with Crippen LogP contribution in [-0.2, 0) is 16.0 Å². The van der Waals surface area contributed by atoms with Gasteiger partial charge in [-0.25, -0.2) is 0 Å². The average molecular weight is 386 g/mol. The van der Waals surface area contributed by atoms with Crippen LogP contribution < -0.4 is 0 Å². The van der Waals surface area contributed by atoms with E-state index in [9.17, 15) is 4.79 Å². The largest absolute Gasteiger partial charge is 0.369 e. The van der Waals surface area contributed by atoms with Crippen LogP contribution in [0.5, 0.6) is 0 Å². The van der Waals surface area contributed by atoms with Gasteiger partial charge >= 0.3 is 0 Å². The molecule has 0 aliphatic carbocycles. The topological polar surface area (TPSA) is 71.7 Å². The van der Waals surface area contributed by atoms with Crippen LogP contribution in [0.1, 0.15) is 31.7 Å². The third kappa shape index (κ3) is 5.39. The minimum Gasteiger partial charge on any atom is -0.369 e. The fraction of sp³-hybridized carbons (Fsp3) is 0.571. The number of ether oxygens (including phenoxy) is 1. The highest BCUT2D eigenvalue weighted by Gasteiger charge is 2.24. The lowest BCUT2D eigenvalue weighted by atomic mass is 10.1. The standard InChI is InChI=1S/C21H30N4O3/c1-4-27-17(3)21(26)25-14-12-24(13-15-25)11-5-6-19-22-20(23-28-19)18-9-7-16(2)8-10-18/h7-10,17H,4-6,11-15H2,1-3H3. The third-order valence-electron chi connectivity index (χ3n) is 5.09. The zero-order valence-corrected chi connectivity index (χ0v) is 17.1. The Balaban J connectivity index is 1.39. The summed E-state index contributed by atoms with van der Waals surface area (Å²) in [7, 11) is 0. The van der Waals surface area contributed by atoms with Gasteiger partial charge < -0.3 is 14.2 Å².